The van der Waals surface area contributed by atoms with Gasteiger partial charge >= 0.3 is 5.97 Å². The van der Waals surface area contributed by atoms with Gasteiger partial charge in [0.1, 0.15) is 19.0 Å². The number of carbonyl (C=O) groups excluding carboxylic acids is 1. The van der Waals surface area contributed by atoms with Gasteiger partial charge in [-0.15, -0.1) is 0 Å². The monoisotopic (exact) mass is 464 g/mol. The second kappa shape index (κ2) is 8.86. The van der Waals surface area contributed by atoms with Gasteiger partial charge in [0.25, 0.3) is 0 Å². The Morgan fingerprint density at radius 1 is 0.914 bits per heavy atom. The second-order valence-corrected chi connectivity index (χ2v) is 9.76. The van der Waals surface area contributed by atoms with Crippen molar-refractivity contribution in [3.63, 3.8) is 0 Å². The van der Waals surface area contributed by atoms with E-state index in [0.29, 0.717) is 18.8 Å². The molecule has 1 fully saturated rings. The molecule has 0 atom stereocenters. The molecule has 0 aromatic heterocycles. The van der Waals surface area contributed by atoms with E-state index < -0.39 is 0 Å². The Morgan fingerprint density at radius 3 is 2.57 bits per heavy atom. The van der Waals surface area contributed by atoms with Crippen LogP contribution in [0.25, 0.3) is 21.9 Å². The van der Waals surface area contributed by atoms with Crippen LogP contribution in [0.1, 0.15) is 46.8 Å². The number of ether oxygens (including phenoxy) is 3. The van der Waals surface area contributed by atoms with Gasteiger partial charge in [0, 0.05) is 18.8 Å². The Labute approximate surface area is 205 Å². The van der Waals surface area contributed by atoms with Crippen molar-refractivity contribution in [2.45, 2.75) is 38.4 Å². The SMILES string of the molecule is CC1(c2cccc(COc3ccc4cc5c(c(-c6ccccc6)c4c3)COC5=O)c2)CCOCC1. The van der Waals surface area contributed by atoms with Crippen molar-refractivity contribution in [2.24, 2.45) is 0 Å². The first-order valence-electron chi connectivity index (χ1n) is 12.2. The molecule has 2 aliphatic rings. The van der Waals surface area contributed by atoms with E-state index in [2.05, 4.69) is 49.4 Å². The lowest BCUT2D eigenvalue weighted by atomic mass is 9.76. The Bertz CT molecular complexity index is 1400. The third-order valence-corrected chi connectivity index (χ3v) is 7.48. The maximum atomic E-state index is 12.3. The van der Waals surface area contributed by atoms with Crippen molar-refractivity contribution in [1.82, 2.24) is 0 Å². The molecule has 4 heteroatoms. The van der Waals surface area contributed by atoms with Gasteiger partial charge in [-0.05, 0) is 69.5 Å². The molecule has 0 aliphatic carbocycles. The molecule has 6 rings (SSSR count). The number of rotatable bonds is 5. The van der Waals surface area contributed by atoms with E-state index in [0.717, 1.165) is 64.8 Å². The lowest BCUT2D eigenvalue weighted by molar-refractivity contribution is 0.0535. The van der Waals surface area contributed by atoms with Crippen LogP contribution in [0, 0.1) is 0 Å². The Kier molecular flexibility index (Phi) is 5.54. The van der Waals surface area contributed by atoms with Gasteiger partial charge in [-0.25, -0.2) is 4.79 Å². The first kappa shape index (κ1) is 21.9. The standard InChI is InChI=1S/C31H28O4/c1-31(12-14-33-15-13-31)24-9-5-6-21(16-24)19-34-25-11-10-23-17-27-28(20-35-30(27)32)29(26(23)18-25)22-7-3-2-4-8-22/h2-11,16-18H,12-15,19-20H2,1H3. The van der Waals surface area contributed by atoms with E-state index in [1.54, 1.807) is 0 Å². The van der Waals surface area contributed by atoms with Crippen LogP contribution in [0.4, 0.5) is 0 Å². The molecule has 2 aliphatic heterocycles. The Balaban J connectivity index is 1.33. The third-order valence-electron chi connectivity index (χ3n) is 7.48. The lowest BCUT2D eigenvalue weighted by Crippen LogP contribution is -2.30. The summed E-state index contributed by atoms with van der Waals surface area (Å²) < 4.78 is 17.2. The van der Waals surface area contributed by atoms with Crippen LogP contribution >= 0.6 is 0 Å². The molecule has 0 unspecified atom stereocenters. The van der Waals surface area contributed by atoms with Crippen LogP contribution in [0.3, 0.4) is 0 Å². The summed E-state index contributed by atoms with van der Waals surface area (Å²) in [5, 5.41) is 2.07. The van der Waals surface area contributed by atoms with Crippen LogP contribution in [-0.4, -0.2) is 19.2 Å². The molecule has 176 valence electrons. The van der Waals surface area contributed by atoms with Crippen molar-refractivity contribution in [3.05, 3.63) is 101 Å². The third kappa shape index (κ3) is 4.08. The van der Waals surface area contributed by atoms with Gasteiger partial charge < -0.3 is 14.2 Å². The van der Waals surface area contributed by atoms with Gasteiger partial charge in [0.15, 0.2) is 0 Å². The average Bonchev–Trinajstić information content (AvgIpc) is 3.27. The van der Waals surface area contributed by atoms with E-state index in [1.165, 1.54) is 5.56 Å². The summed E-state index contributed by atoms with van der Waals surface area (Å²) in [5.41, 5.74) is 6.39. The first-order valence-corrected chi connectivity index (χ1v) is 12.2. The summed E-state index contributed by atoms with van der Waals surface area (Å²) in [6.07, 6.45) is 2.08. The number of hydrogen-bond donors (Lipinski definition) is 0. The van der Waals surface area contributed by atoms with Crippen molar-refractivity contribution < 1.29 is 19.0 Å². The van der Waals surface area contributed by atoms with Crippen LogP contribution < -0.4 is 4.74 Å². The minimum absolute atomic E-state index is 0.154. The zero-order valence-corrected chi connectivity index (χ0v) is 19.9. The number of hydrogen-bond acceptors (Lipinski definition) is 4. The van der Waals surface area contributed by atoms with Gasteiger partial charge in [-0.1, -0.05) is 67.6 Å². The molecule has 0 N–H and O–H groups in total. The van der Waals surface area contributed by atoms with Gasteiger partial charge in [-0.3, -0.25) is 0 Å². The van der Waals surface area contributed by atoms with Gasteiger partial charge in [0.2, 0.25) is 0 Å². The maximum Gasteiger partial charge on any atom is 0.338 e. The van der Waals surface area contributed by atoms with Crippen molar-refractivity contribution >= 4 is 16.7 Å². The average molecular weight is 465 g/mol. The quantitative estimate of drug-likeness (QED) is 0.304. The number of cyclic esters (lactones) is 1. The van der Waals surface area contributed by atoms with Crippen LogP contribution in [0.15, 0.2) is 78.9 Å². The molecule has 0 spiro atoms. The highest BCUT2D eigenvalue weighted by Gasteiger charge is 2.29. The fraction of sp³-hybridized carbons (Fsp3) is 0.258. The molecule has 2 heterocycles. The smallest absolute Gasteiger partial charge is 0.338 e. The predicted octanol–water partition coefficient (Wildman–Crippen LogP) is 6.82. The first-order chi connectivity index (χ1) is 17.1. The number of carbonyl (C=O) groups is 1. The number of benzene rings is 4. The lowest BCUT2D eigenvalue weighted by Gasteiger charge is -2.34. The predicted molar refractivity (Wildman–Crippen MR) is 137 cm³/mol. The normalized spacial score (nSPS) is 16.7. The van der Waals surface area contributed by atoms with E-state index in [9.17, 15) is 4.79 Å². The molecular formula is C31H28O4. The van der Waals surface area contributed by atoms with Crippen LogP contribution in [-0.2, 0) is 28.1 Å². The summed E-state index contributed by atoms with van der Waals surface area (Å²) in [4.78, 5) is 12.3. The van der Waals surface area contributed by atoms with Crippen molar-refractivity contribution in [2.75, 3.05) is 13.2 Å². The van der Waals surface area contributed by atoms with E-state index in [4.69, 9.17) is 14.2 Å². The largest absolute Gasteiger partial charge is 0.489 e. The zero-order valence-electron chi connectivity index (χ0n) is 19.9. The zero-order chi connectivity index (χ0) is 23.8. The Morgan fingerprint density at radius 2 is 1.74 bits per heavy atom. The molecule has 0 radical (unpaired) electrons. The minimum atomic E-state index is -0.252. The molecular weight excluding hydrogens is 436 g/mol. The topological polar surface area (TPSA) is 44.8 Å². The molecule has 35 heavy (non-hydrogen) atoms. The van der Waals surface area contributed by atoms with Gasteiger partial charge in [-0.2, -0.15) is 0 Å². The molecule has 4 aromatic carbocycles. The fourth-order valence-electron chi connectivity index (χ4n) is 5.30. The number of fused-ring (bicyclic) bond motifs is 2. The van der Waals surface area contributed by atoms with Crippen molar-refractivity contribution in [1.29, 1.82) is 0 Å². The van der Waals surface area contributed by atoms with Gasteiger partial charge in [0.05, 0.1) is 5.56 Å². The maximum absolute atomic E-state index is 12.3. The highest BCUT2D eigenvalue weighted by Crippen LogP contribution is 2.40. The molecule has 0 bridgehead atoms. The fourth-order valence-corrected chi connectivity index (χ4v) is 5.30. The summed E-state index contributed by atoms with van der Waals surface area (Å²) in [6.45, 7) is 4.77. The summed E-state index contributed by atoms with van der Waals surface area (Å²) in [6, 6.07) is 27.0. The molecule has 0 saturated carbocycles. The number of esters is 1. The molecule has 0 amide bonds. The van der Waals surface area contributed by atoms with Crippen LogP contribution in [0.2, 0.25) is 0 Å². The molecule has 1 saturated heterocycles. The molecule has 4 aromatic rings. The Hall–Kier alpha value is -3.63. The summed E-state index contributed by atoms with van der Waals surface area (Å²) >= 11 is 0. The van der Waals surface area contributed by atoms with Crippen molar-refractivity contribution in [3.8, 4) is 16.9 Å². The second-order valence-electron chi connectivity index (χ2n) is 9.76. The van der Waals surface area contributed by atoms with E-state index in [1.807, 2.05) is 36.4 Å². The highest BCUT2D eigenvalue weighted by molar-refractivity contribution is 6.07. The van der Waals surface area contributed by atoms with E-state index >= 15 is 0 Å². The summed E-state index contributed by atoms with van der Waals surface area (Å²) in [7, 11) is 0. The highest BCUT2D eigenvalue weighted by atomic mass is 16.5. The minimum Gasteiger partial charge on any atom is -0.489 e. The molecule has 4 nitrogen and oxygen atoms in total. The van der Waals surface area contributed by atoms with Crippen LogP contribution in [0.5, 0.6) is 5.75 Å². The van der Waals surface area contributed by atoms with E-state index in [-0.39, 0.29) is 11.4 Å². The summed E-state index contributed by atoms with van der Waals surface area (Å²) in [5.74, 6) is 0.556.